The molecular weight excluding hydrogens is 363 g/mol. The van der Waals surface area contributed by atoms with Gasteiger partial charge in [-0.3, -0.25) is 19.1 Å². The van der Waals surface area contributed by atoms with E-state index in [0.717, 1.165) is 25.3 Å². The van der Waals surface area contributed by atoms with Gasteiger partial charge in [-0.25, -0.2) is 9.18 Å². The van der Waals surface area contributed by atoms with E-state index in [4.69, 9.17) is 5.73 Å². The van der Waals surface area contributed by atoms with Gasteiger partial charge >= 0.3 is 5.69 Å². The molecule has 0 atom stereocenters. The minimum absolute atomic E-state index is 0.0524. The summed E-state index contributed by atoms with van der Waals surface area (Å²) in [6, 6.07) is 5.27. The summed E-state index contributed by atoms with van der Waals surface area (Å²) in [5, 5.41) is 0. The molecule has 0 bridgehead atoms. The largest absolute Gasteiger partial charge is 0.383 e. The molecule has 0 radical (unpaired) electrons. The van der Waals surface area contributed by atoms with E-state index in [1.807, 2.05) is 13.8 Å². The molecule has 8 heteroatoms. The van der Waals surface area contributed by atoms with E-state index < -0.39 is 23.0 Å². The van der Waals surface area contributed by atoms with Crippen LogP contribution in [0.25, 0.3) is 0 Å². The quantitative estimate of drug-likeness (QED) is 0.643. The minimum Gasteiger partial charge on any atom is -0.383 e. The number of carbonyl (C=O) groups excluding carboxylic acids is 1. The molecule has 1 heterocycles. The average molecular weight is 390 g/mol. The second-order valence-electron chi connectivity index (χ2n) is 6.67. The van der Waals surface area contributed by atoms with E-state index >= 15 is 0 Å². The van der Waals surface area contributed by atoms with E-state index in [-0.39, 0.29) is 23.6 Å². The van der Waals surface area contributed by atoms with Crippen LogP contribution in [0.3, 0.4) is 0 Å². The summed E-state index contributed by atoms with van der Waals surface area (Å²) in [5.41, 5.74) is 4.87. The lowest BCUT2D eigenvalue weighted by molar-refractivity contribution is 0.0985. The molecule has 7 nitrogen and oxygen atoms in total. The van der Waals surface area contributed by atoms with E-state index in [9.17, 15) is 18.8 Å². The Morgan fingerprint density at radius 1 is 1.18 bits per heavy atom. The number of carbonyl (C=O) groups is 1. The van der Waals surface area contributed by atoms with Crippen LogP contribution >= 0.6 is 0 Å². The highest BCUT2D eigenvalue weighted by Crippen LogP contribution is 2.21. The van der Waals surface area contributed by atoms with Crippen molar-refractivity contribution in [3.05, 3.63) is 56.5 Å². The fourth-order valence-corrected chi connectivity index (χ4v) is 2.99. The lowest BCUT2D eigenvalue weighted by Gasteiger charge is -2.24. The van der Waals surface area contributed by atoms with Crippen molar-refractivity contribution in [3.63, 3.8) is 0 Å². The zero-order valence-electron chi connectivity index (χ0n) is 16.3. The van der Waals surface area contributed by atoms with Gasteiger partial charge < -0.3 is 10.6 Å². The van der Waals surface area contributed by atoms with E-state index in [0.29, 0.717) is 19.4 Å². The molecule has 0 unspecified atom stereocenters. The standard InChI is InChI=1S/C20H27FN4O3/c1-3-5-7-12-24(19(27)14-9-8-10-15(21)13-14)16-17(22)25(11-6-4-2)20(28)23-18(16)26/h8-10,13H,3-7,11-12,22H2,1-2H3,(H,23,26,28). The maximum Gasteiger partial charge on any atom is 0.330 e. The summed E-state index contributed by atoms with van der Waals surface area (Å²) in [6.45, 7) is 4.56. The highest BCUT2D eigenvalue weighted by Gasteiger charge is 2.25. The van der Waals surface area contributed by atoms with Crippen molar-refractivity contribution < 1.29 is 9.18 Å². The first-order valence-electron chi connectivity index (χ1n) is 9.60. The van der Waals surface area contributed by atoms with Crippen molar-refractivity contribution in [1.29, 1.82) is 0 Å². The van der Waals surface area contributed by atoms with Gasteiger partial charge in [0.2, 0.25) is 0 Å². The first-order chi connectivity index (χ1) is 13.4. The Hall–Kier alpha value is -2.90. The van der Waals surface area contributed by atoms with Gasteiger partial charge in [0, 0.05) is 18.7 Å². The third-order valence-corrected chi connectivity index (χ3v) is 4.52. The van der Waals surface area contributed by atoms with Gasteiger partial charge in [0.25, 0.3) is 11.5 Å². The summed E-state index contributed by atoms with van der Waals surface area (Å²) >= 11 is 0. The third-order valence-electron chi connectivity index (χ3n) is 4.52. The maximum absolute atomic E-state index is 13.6. The number of amides is 1. The zero-order chi connectivity index (χ0) is 20.7. The molecule has 1 aromatic heterocycles. The summed E-state index contributed by atoms with van der Waals surface area (Å²) in [4.78, 5) is 41.3. The Morgan fingerprint density at radius 2 is 1.89 bits per heavy atom. The molecular formula is C20H27FN4O3. The molecule has 0 fully saturated rings. The number of hydrogen-bond donors (Lipinski definition) is 2. The lowest BCUT2D eigenvalue weighted by Crippen LogP contribution is -2.41. The molecule has 28 heavy (non-hydrogen) atoms. The molecule has 3 N–H and O–H groups in total. The number of rotatable bonds is 9. The van der Waals surface area contributed by atoms with Crippen LogP contribution in [-0.4, -0.2) is 22.0 Å². The summed E-state index contributed by atoms with van der Waals surface area (Å²) < 4.78 is 14.9. The summed E-state index contributed by atoms with van der Waals surface area (Å²) in [6.07, 6.45) is 3.95. The number of hydrogen-bond acceptors (Lipinski definition) is 4. The minimum atomic E-state index is -0.725. The highest BCUT2D eigenvalue weighted by molar-refractivity contribution is 6.07. The van der Waals surface area contributed by atoms with Gasteiger partial charge in [-0.05, 0) is 31.0 Å². The first kappa shape index (κ1) is 21.4. The van der Waals surface area contributed by atoms with Gasteiger partial charge in [0.05, 0.1) is 0 Å². The number of unbranched alkanes of at least 4 members (excludes halogenated alkanes) is 3. The van der Waals surface area contributed by atoms with Crippen LogP contribution in [0.2, 0.25) is 0 Å². The van der Waals surface area contributed by atoms with Crippen molar-refractivity contribution in [1.82, 2.24) is 9.55 Å². The Labute approximate surface area is 163 Å². The van der Waals surface area contributed by atoms with Gasteiger partial charge in [-0.15, -0.1) is 0 Å². The predicted octanol–water partition coefficient (Wildman–Crippen LogP) is 2.90. The normalized spacial score (nSPS) is 10.8. The molecule has 2 aromatic rings. The number of H-pyrrole nitrogens is 1. The number of aromatic amines is 1. The predicted molar refractivity (Wildman–Crippen MR) is 108 cm³/mol. The Morgan fingerprint density at radius 3 is 2.54 bits per heavy atom. The monoisotopic (exact) mass is 390 g/mol. The van der Waals surface area contributed by atoms with E-state index in [1.165, 1.54) is 27.7 Å². The van der Waals surface area contributed by atoms with Crippen molar-refractivity contribution in [3.8, 4) is 0 Å². The van der Waals surface area contributed by atoms with Gasteiger partial charge in [0.1, 0.15) is 11.6 Å². The van der Waals surface area contributed by atoms with Gasteiger partial charge in [-0.1, -0.05) is 39.2 Å². The molecule has 0 aliphatic carbocycles. The van der Waals surface area contributed by atoms with Crippen LogP contribution in [0.4, 0.5) is 15.9 Å². The smallest absolute Gasteiger partial charge is 0.330 e. The van der Waals surface area contributed by atoms with Gasteiger partial charge in [-0.2, -0.15) is 0 Å². The molecule has 0 spiro atoms. The highest BCUT2D eigenvalue weighted by atomic mass is 19.1. The molecule has 0 aliphatic rings. The Bertz CT molecular complexity index is 936. The molecule has 1 amide bonds. The van der Waals surface area contributed by atoms with Gasteiger partial charge in [0.15, 0.2) is 5.69 Å². The number of nitrogen functional groups attached to an aromatic ring is 1. The number of halogens is 1. The van der Waals surface area contributed by atoms with Crippen LogP contribution < -0.4 is 21.9 Å². The van der Waals surface area contributed by atoms with Crippen molar-refractivity contribution in [2.75, 3.05) is 17.2 Å². The maximum atomic E-state index is 13.6. The summed E-state index contributed by atoms with van der Waals surface area (Å²) in [5.74, 6) is -1.13. The van der Waals surface area contributed by atoms with Crippen LogP contribution in [-0.2, 0) is 6.54 Å². The molecule has 0 saturated heterocycles. The second-order valence-corrected chi connectivity index (χ2v) is 6.67. The number of nitrogens with two attached hydrogens (primary N) is 1. The number of anilines is 2. The van der Waals surface area contributed by atoms with Crippen LogP contribution in [0.1, 0.15) is 56.3 Å². The molecule has 1 aromatic carbocycles. The Balaban J connectivity index is 2.55. The number of nitrogens with zero attached hydrogens (tertiary/aromatic N) is 2. The fourth-order valence-electron chi connectivity index (χ4n) is 2.99. The lowest BCUT2D eigenvalue weighted by atomic mass is 10.1. The third kappa shape index (κ3) is 4.88. The van der Waals surface area contributed by atoms with Crippen molar-refractivity contribution in [2.24, 2.45) is 0 Å². The number of aromatic nitrogens is 2. The topological polar surface area (TPSA) is 101 Å². The molecule has 0 aliphatic heterocycles. The number of nitrogens with one attached hydrogen (secondary N) is 1. The first-order valence-corrected chi connectivity index (χ1v) is 9.60. The average Bonchev–Trinajstić information content (AvgIpc) is 2.66. The Kier molecular flexibility index (Phi) is 7.54. The van der Waals surface area contributed by atoms with Crippen LogP contribution in [0.5, 0.6) is 0 Å². The second kappa shape index (κ2) is 9.87. The summed E-state index contributed by atoms with van der Waals surface area (Å²) in [7, 11) is 0. The molecule has 0 saturated carbocycles. The van der Waals surface area contributed by atoms with Crippen molar-refractivity contribution >= 4 is 17.4 Å². The van der Waals surface area contributed by atoms with E-state index in [1.54, 1.807) is 0 Å². The van der Waals surface area contributed by atoms with Crippen LogP contribution in [0.15, 0.2) is 33.9 Å². The molecule has 2 rings (SSSR count). The SMILES string of the molecule is CCCCCN(C(=O)c1cccc(F)c1)c1c(N)n(CCCC)c(=O)[nH]c1=O. The van der Waals surface area contributed by atoms with Crippen molar-refractivity contribution in [2.45, 2.75) is 52.5 Å². The number of benzene rings is 1. The van der Waals surface area contributed by atoms with E-state index in [2.05, 4.69) is 4.98 Å². The fraction of sp³-hybridized carbons (Fsp3) is 0.450. The molecule has 152 valence electrons. The van der Waals surface area contributed by atoms with Crippen LogP contribution in [0, 0.1) is 5.82 Å². The zero-order valence-corrected chi connectivity index (χ0v) is 16.3.